The molecule has 0 fully saturated rings. The van der Waals surface area contributed by atoms with E-state index < -0.39 is 11.6 Å². The molecule has 1 aromatic carbocycles. The molecule has 2 aromatic rings. The van der Waals surface area contributed by atoms with Gasteiger partial charge in [-0.1, -0.05) is 6.07 Å². The molecule has 112 valence electrons. The maximum Gasteiger partial charge on any atom is 0.230 e. The van der Waals surface area contributed by atoms with Crippen LogP contribution in [0, 0.1) is 23.0 Å². The van der Waals surface area contributed by atoms with Gasteiger partial charge in [-0.2, -0.15) is 20.2 Å². The van der Waals surface area contributed by atoms with Gasteiger partial charge in [0.05, 0.1) is 5.57 Å². The molecule has 0 saturated carbocycles. The molecule has 0 bridgehead atoms. The molecular formula is C14H12F2N6. The Hall–Kier alpha value is -3.08. The van der Waals surface area contributed by atoms with Crippen LogP contribution in [-0.2, 0) is 0 Å². The fourth-order valence-corrected chi connectivity index (χ4v) is 1.62. The fourth-order valence-electron chi connectivity index (χ4n) is 1.62. The maximum atomic E-state index is 13.2. The van der Waals surface area contributed by atoms with Crippen LogP contribution in [0.2, 0.25) is 0 Å². The zero-order chi connectivity index (χ0) is 16.3. The van der Waals surface area contributed by atoms with Crippen LogP contribution >= 0.6 is 0 Å². The lowest BCUT2D eigenvalue weighted by atomic mass is 10.1. The van der Waals surface area contributed by atoms with Crippen molar-refractivity contribution < 1.29 is 8.78 Å². The Morgan fingerprint density at radius 1 is 1.23 bits per heavy atom. The third-order valence-electron chi connectivity index (χ3n) is 2.66. The van der Waals surface area contributed by atoms with E-state index in [1.807, 2.05) is 6.07 Å². The van der Waals surface area contributed by atoms with Crippen LogP contribution in [0.25, 0.3) is 11.6 Å². The minimum atomic E-state index is -1.00. The van der Waals surface area contributed by atoms with Gasteiger partial charge in [0, 0.05) is 14.1 Å². The molecule has 0 spiro atoms. The molecular weight excluding hydrogens is 290 g/mol. The van der Waals surface area contributed by atoms with Gasteiger partial charge in [-0.25, -0.2) is 8.78 Å². The molecule has 0 saturated heterocycles. The van der Waals surface area contributed by atoms with E-state index in [1.165, 1.54) is 12.1 Å². The van der Waals surface area contributed by atoms with E-state index in [4.69, 9.17) is 5.73 Å². The number of halogens is 2. The number of benzene rings is 1. The van der Waals surface area contributed by atoms with Crippen molar-refractivity contribution in [3.8, 4) is 6.07 Å². The normalized spacial score (nSPS) is 11.1. The van der Waals surface area contributed by atoms with E-state index in [2.05, 4.69) is 15.0 Å². The lowest BCUT2D eigenvalue weighted by molar-refractivity contribution is 0.508. The van der Waals surface area contributed by atoms with Gasteiger partial charge in [-0.15, -0.1) is 0 Å². The number of nitrogens with two attached hydrogens (primary N) is 1. The predicted molar refractivity (Wildman–Crippen MR) is 78.4 cm³/mol. The molecule has 1 heterocycles. The van der Waals surface area contributed by atoms with Crippen LogP contribution in [0.15, 0.2) is 18.2 Å². The molecule has 0 amide bonds. The van der Waals surface area contributed by atoms with Gasteiger partial charge in [0.1, 0.15) is 6.07 Å². The number of nitrogens with zero attached hydrogens (tertiary/aromatic N) is 5. The monoisotopic (exact) mass is 302 g/mol. The van der Waals surface area contributed by atoms with Crippen molar-refractivity contribution in [2.24, 2.45) is 0 Å². The van der Waals surface area contributed by atoms with Gasteiger partial charge in [-0.05, 0) is 23.8 Å². The Bertz CT molecular complexity index is 779. The van der Waals surface area contributed by atoms with Crippen LogP contribution in [-0.4, -0.2) is 29.0 Å². The van der Waals surface area contributed by atoms with Gasteiger partial charge in [0.15, 0.2) is 17.5 Å². The highest BCUT2D eigenvalue weighted by molar-refractivity contribution is 5.87. The first-order chi connectivity index (χ1) is 10.4. The van der Waals surface area contributed by atoms with Gasteiger partial charge in [-0.3, -0.25) is 0 Å². The summed E-state index contributed by atoms with van der Waals surface area (Å²) >= 11 is 0. The third-order valence-corrected chi connectivity index (χ3v) is 2.66. The van der Waals surface area contributed by atoms with Crippen molar-refractivity contribution in [1.82, 2.24) is 15.0 Å². The highest BCUT2D eigenvalue weighted by Crippen LogP contribution is 2.18. The molecule has 2 rings (SSSR count). The van der Waals surface area contributed by atoms with E-state index in [0.29, 0.717) is 5.56 Å². The molecule has 0 aliphatic carbocycles. The van der Waals surface area contributed by atoms with E-state index in [0.717, 1.165) is 12.1 Å². The van der Waals surface area contributed by atoms with Crippen molar-refractivity contribution in [2.75, 3.05) is 24.7 Å². The van der Waals surface area contributed by atoms with Gasteiger partial charge >= 0.3 is 0 Å². The lowest BCUT2D eigenvalue weighted by Crippen LogP contribution is -2.15. The van der Waals surface area contributed by atoms with Crippen LogP contribution in [0.1, 0.15) is 11.4 Å². The average Bonchev–Trinajstić information content (AvgIpc) is 2.47. The molecule has 0 aliphatic rings. The number of hydrogen-bond donors (Lipinski definition) is 1. The smallest absolute Gasteiger partial charge is 0.230 e. The number of anilines is 2. The molecule has 8 heteroatoms. The Kier molecular flexibility index (Phi) is 4.27. The second-order valence-electron chi connectivity index (χ2n) is 4.56. The SMILES string of the molecule is CN(C)c1nc(N)nc(C(C#N)=Cc2ccc(F)c(F)c2)n1. The number of aromatic nitrogens is 3. The summed E-state index contributed by atoms with van der Waals surface area (Å²) in [5, 5.41) is 9.24. The number of nitrogen functional groups attached to an aromatic ring is 1. The summed E-state index contributed by atoms with van der Waals surface area (Å²) in [6, 6.07) is 5.20. The second-order valence-corrected chi connectivity index (χ2v) is 4.56. The molecule has 0 atom stereocenters. The summed E-state index contributed by atoms with van der Waals surface area (Å²) < 4.78 is 26.1. The molecule has 22 heavy (non-hydrogen) atoms. The van der Waals surface area contributed by atoms with Crippen LogP contribution < -0.4 is 10.6 Å². The van der Waals surface area contributed by atoms with Crippen LogP contribution in [0.3, 0.4) is 0 Å². The van der Waals surface area contributed by atoms with Gasteiger partial charge in [0.2, 0.25) is 11.9 Å². The molecule has 2 N–H and O–H groups in total. The van der Waals surface area contributed by atoms with Crippen molar-refractivity contribution in [2.45, 2.75) is 0 Å². The highest BCUT2D eigenvalue weighted by Gasteiger charge is 2.11. The first-order valence-corrected chi connectivity index (χ1v) is 6.17. The Labute approximate surface area is 125 Å². The highest BCUT2D eigenvalue weighted by atomic mass is 19.2. The van der Waals surface area contributed by atoms with Crippen molar-refractivity contribution >= 4 is 23.5 Å². The van der Waals surface area contributed by atoms with Crippen LogP contribution in [0.4, 0.5) is 20.7 Å². The van der Waals surface area contributed by atoms with Gasteiger partial charge in [0.25, 0.3) is 0 Å². The van der Waals surface area contributed by atoms with E-state index in [-0.39, 0.29) is 23.3 Å². The van der Waals surface area contributed by atoms with E-state index in [9.17, 15) is 14.0 Å². The zero-order valence-electron chi connectivity index (χ0n) is 11.9. The summed E-state index contributed by atoms with van der Waals surface area (Å²) in [5.41, 5.74) is 5.96. The lowest BCUT2D eigenvalue weighted by Gasteiger charge is -2.11. The van der Waals surface area contributed by atoms with Crippen molar-refractivity contribution in [1.29, 1.82) is 5.26 Å². The summed E-state index contributed by atoms with van der Waals surface area (Å²) in [6.45, 7) is 0. The molecule has 0 unspecified atom stereocenters. The quantitative estimate of drug-likeness (QED) is 0.870. The standard InChI is InChI=1S/C14H12F2N6/c1-22(2)14-20-12(19-13(18)21-14)9(7-17)5-8-3-4-10(15)11(16)6-8/h3-6H,1-2H3,(H2,18,19,20,21). The Balaban J connectivity index is 2.50. The maximum absolute atomic E-state index is 13.2. The van der Waals surface area contributed by atoms with Crippen LogP contribution in [0.5, 0.6) is 0 Å². The number of nitriles is 1. The number of hydrogen-bond acceptors (Lipinski definition) is 6. The molecule has 0 radical (unpaired) electrons. The Morgan fingerprint density at radius 2 is 1.95 bits per heavy atom. The number of allylic oxidation sites excluding steroid dienone is 1. The van der Waals surface area contributed by atoms with Crippen molar-refractivity contribution in [3.63, 3.8) is 0 Å². The summed E-state index contributed by atoms with van der Waals surface area (Å²) in [7, 11) is 3.42. The summed E-state index contributed by atoms with van der Waals surface area (Å²) in [6.07, 6.45) is 1.34. The first kappa shape index (κ1) is 15.3. The van der Waals surface area contributed by atoms with E-state index in [1.54, 1.807) is 19.0 Å². The number of rotatable bonds is 3. The van der Waals surface area contributed by atoms with Crippen molar-refractivity contribution in [3.05, 3.63) is 41.2 Å². The largest absolute Gasteiger partial charge is 0.368 e. The van der Waals surface area contributed by atoms with Gasteiger partial charge < -0.3 is 10.6 Å². The average molecular weight is 302 g/mol. The predicted octanol–water partition coefficient (Wildman–Crippen LogP) is 1.86. The molecule has 1 aromatic heterocycles. The Morgan fingerprint density at radius 3 is 2.55 bits per heavy atom. The molecule has 6 nitrogen and oxygen atoms in total. The van der Waals surface area contributed by atoms with E-state index >= 15 is 0 Å². The second kappa shape index (κ2) is 6.13. The third kappa shape index (κ3) is 3.32. The zero-order valence-corrected chi connectivity index (χ0v) is 11.9. The summed E-state index contributed by atoms with van der Waals surface area (Å²) in [5.74, 6) is -1.66. The summed E-state index contributed by atoms with van der Waals surface area (Å²) in [4.78, 5) is 13.5. The molecule has 0 aliphatic heterocycles. The minimum Gasteiger partial charge on any atom is -0.368 e. The first-order valence-electron chi connectivity index (χ1n) is 6.17. The minimum absolute atomic E-state index is 0.0415. The fraction of sp³-hybridized carbons (Fsp3) is 0.143. The topological polar surface area (TPSA) is 91.7 Å².